The Balaban J connectivity index is 1.62. The van der Waals surface area contributed by atoms with Crippen molar-refractivity contribution in [1.29, 1.82) is 0 Å². The molecule has 27 heavy (non-hydrogen) atoms. The van der Waals surface area contributed by atoms with Gasteiger partial charge in [0.2, 0.25) is 0 Å². The summed E-state index contributed by atoms with van der Waals surface area (Å²) in [6.45, 7) is 11.2. The Labute approximate surface area is 160 Å². The standard InChI is InChI=1S/C22H28N4O/c1-13-8-16(14(2)24-13)12-27-20-9-18(23-11-17(20)15-6-7-15)19-10-21(26-25-19)22(3,4)5/h8-11,15,24H,6-7,12H2,1-5H3,(H,25,26). The molecule has 0 aromatic carbocycles. The van der Waals surface area contributed by atoms with E-state index in [2.05, 4.69) is 66.9 Å². The van der Waals surface area contributed by atoms with Crippen LogP contribution in [-0.4, -0.2) is 20.2 Å². The highest BCUT2D eigenvalue weighted by atomic mass is 16.5. The number of hydrogen-bond acceptors (Lipinski definition) is 3. The molecule has 0 bridgehead atoms. The van der Waals surface area contributed by atoms with E-state index in [0.29, 0.717) is 12.5 Å². The second-order valence-electron chi connectivity index (χ2n) is 8.69. The van der Waals surface area contributed by atoms with Gasteiger partial charge < -0.3 is 9.72 Å². The first-order chi connectivity index (χ1) is 12.8. The van der Waals surface area contributed by atoms with Gasteiger partial charge in [-0.05, 0) is 44.7 Å². The van der Waals surface area contributed by atoms with Gasteiger partial charge in [-0.15, -0.1) is 0 Å². The summed E-state index contributed by atoms with van der Waals surface area (Å²) in [5.74, 6) is 1.51. The van der Waals surface area contributed by atoms with Crippen molar-refractivity contribution in [2.45, 2.75) is 65.4 Å². The number of rotatable bonds is 5. The first kappa shape index (κ1) is 17.8. The lowest BCUT2D eigenvalue weighted by Crippen LogP contribution is -2.11. The molecule has 1 saturated carbocycles. The van der Waals surface area contributed by atoms with Crippen LogP contribution in [0.1, 0.15) is 67.7 Å². The molecule has 1 aliphatic carbocycles. The lowest BCUT2D eigenvalue weighted by molar-refractivity contribution is 0.302. The van der Waals surface area contributed by atoms with Crippen LogP contribution in [0, 0.1) is 13.8 Å². The van der Waals surface area contributed by atoms with Crippen LogP contribution < -0.4 is 4.74 Å². The summed E-state index contributed by atoms with van der Waals surface area (Å²) in [7, 11) is 0. The van der Waals surface area contributed by atoms with Crippen LogP contribution >= 0.6 is 0 Å². The normalized spacial score (nSPS) is 14.6. The summed E-state index contributed by atoms with van der Waals surface area (Å²) in [5, 5.41) is 7.62. The Kier molecular flexibility index (Phi) is 4.33. The van der Waals surface area contributed by atoms with Crippen LogP contribution in [-0.2, 0) is 12.0 Å². The van der Waals surface area contributed by atoms with Gasteiger partial charge in [-0.3, -0.25) is 10.1 Å². The van der Waals surface area contributed by atoms with Crippen molar-refractivity contribution in [3.63, 3.8) is 0 Å². The largest absolute Gasteiger partial charge is 0.488 e. The Hall–Kier alpha value is -2.56. The molecule has 142 valence electrons. The number of aryl methyl sites for hydroxylation is 2. The zero-order valence-corrected chi connectivity index (χ0v) is 16.8. The quantitative estimate of drug-likeness (QED) is 0.656. The van der Waals surface area contributed by atoms with Crippen molar-refractivity contribution < 1.29 is 4.74 Å². The summed E-state index contributed by atoms with van der Waals surface area (Å²) in [5.41, 5.74) is 7.59. The third kappa shape index (κ3) is 3.77. The molecule has 5 nitrogen and oxygen atoms in total. The lowest BCUT2D eigenvalue weighted by atomic mass is 9.92. The van der Waals surface area contributed by atoms with Crippen LogP contribution in [0.5, 0.6) is 5.75 Å². The predicted molar refractivity (Wildman–Crippen MR) is 107 cm³/mol. The molecule has 1 fully saturated rings. The van der Waals surface area contributed by atoms with E-state index in [1.807, 2.05) is 12.3 Å². The molecule has 0 atom stereocenters. The smallest absolute Gasteiger partial charge is 0.127 e. The van der Waals surface area contributed by atoms with E-state index < -0.39 is 0 Å². The fraction of sp³-hybridized carbons (Fsp3) is 0.455. The summed E-state index contributed by atoms with van der Waals surface area (Å²) in [6, 6.07) is 6.28. The molecule has 0 aliphatic heterocycles. The molecular formula is C22H28N4O. The van der Waals surface area contributed by atoms with Gasteiger partial charge in [-0.25, -0.2) is 0 Å². The van der Waals surface area contributed by atoms with Crippen molar-refractivity contribution in [3.8, 4) is 17.1 Å². The van der Waals surface area contributed by atoms with Crippen molar-refractivity contribution in [2.24, 2.45) is 0 Å². The van der Waals surface area contributed by atoms with Gasteiger partial charge in [0, 0.05) is 45.9 Å². The van der Waals surface area contributed by atoms with E-state index in [-0.39, 0.29) is 5.41 Å². The van der Waals surface area contributed by atoms with Crippen LogP contribution in [0.3, 0.4) is 0 Å². The van der Waals surface area contributed by atoms with E-state index in [1.165, 1.54) is 24.0 Å². The number of H-pyrrole nitrogens is 2. The van der Waals surface area contributed by atoms with Gasteiger partial charge in [0.05, 0.1) is 5.69 Å². The second-order valence-corrected chi connectivity index (χ2v) is 8.69. The summed E-state index contributed by atoms with van der Waals surface area (Å²) >= 11 is 0. The highest BCUT2D eigenvalue weighted by molar-refractivity contribution is 5.58. The van der Waals surface area contributed by atoms with Gasteiger partial charge >= 0.3 is 0 Å². The average molecular weight is 364 g/mol. The maximum absolute atomic E-state index is 6.26. The average Bonchev–Trinajstić information content (AvgIpc) is 3.21. The highest BCUT2D eigenvalue weighted by Gasteiger charge is 2.28. The summed E-state index contributed by atoms with van der Waals surface area (Å²) in [4.78, 5) is 8.02. The van der Waals surface area contributed by atoms with Gasteiger partial charge in [0.25, 0.3) is 0 Å². The molecule has 0 unspecified atom stereocenters. The van der Waals surface area contributed by atoms with Crippen LogP contribution in [0.4, 0.5) is 0 Å². The Morgan fingerprint density at radius 2 is 1.89 bits per heavy atom. The number of ether oxygens (including phenoxy) is 1. The molecule has 0 radical (unpaired) electrons. The fourth-order valence-corrected chi connectivity index (χ4v) is 3.34. The van der Waals surface area contributed by atoms with E-state index in [9.17, 15) is 0 Å². The van der Waals surface area contributed by atoms with Crippen molar-refractivity contribution in [2.75, 3.05) is 0 Å². The number of aromatic amines is 2. The van der Waals surface area contributed by atoms with E-state index in [4.69, 9.17) is 4.74 Å². The van der Waals surface area contributed by atoms with Crippen molar-refractivity contribution >= 4 is 0 Å². The first-order valence-electron chi connectivity index (χ1n) is 9.65. The number of nitrogens with one attached hydrogen (secondary N) is 2. The SMILES string of the molecule is Cc1cc(COc2cc(-c3cc(C(C)(C)C)[nH]n3)ncc2C2CC2)c(C)[nH]1. The molecule has 2 N–H and O–H groups in total. The van der Waals surface area contributed by atoms with Crippen LogP contribution in [0.2, 0.25) is 0 Å². The van der Waals surface area contributed by atoms with E-state index in [1.54, 1.807) is 0 Å². The van der Waals surface area contributed by atoms with E-state index >= 15 is 0 Å². The van der Waals surface area contributed by atoms with Crippen molar-refractivity contribution in [3.05, 3.63) is 52.6 Å². The molecule has 0 saturated heterocycles. The highest BCUT2D eigenvalue weighted by Crippen LogP contribution is 2.45. The van der Waals surface area contributed by atoms with E-state index in [0.717, 1.165) is 34.2 Å². The minimum Gasteiger partial charge on any atom is -0.488 e. The maximum atomic E-state index is 6.26. The molecule has 3 aromatic rings. The van der Waals surface area contributed by atoms with Gasteiger partial charge in [-0.2, -0.15) is 5.10 Å². The van der Waals surface area contributed by atoms with Crippen molar-refractivity contribution in [1.82, 2.24) is 20.2 Å². The number of pyridine rings is 1. The predicted octanol–water partition coefficient (Wildman–Crippen LogP) is 5.17. The number of nitrogens with zero attached hydrogens (tertiary/aromatic N) is 2. The molecule has 1 aliphatic rings. The fourth-order valence-electron chi connectivity index (χ4n) is 3.34. The molecule has 3 heterocycles. The molecule has 3 aromatic heterocycles. The van der Waals surface area contributed by atoms with Gasteiger partial charge in [-0.1, -0.05) is 20.8 Å². The Morgan fingerprint density at radius 1 is 1.11 bits per heavy atom. The molecule has 0 amide bonds. The van der Waals surface area contributed by atoms with Crippen LogP contribution in [0.25, 0.3) is 11.4 Å². The number of hydrogen-bond donors (Lipinski definition) is 2. The maximum Gasteiger partial charge on any atom is 0.127 e. The topological polar surface area (TPSA) is 66.6 Å². The minimum atomic E-state index is 0.0300. The lowest BCUT2D eigenvalue weighted by Gasteiger charge is -2.14. The van der Waals surface area contributed by atoms with Gasteiger partial charge in [0.15, 0.2) is 0 Å². The minimum absolute atomic E-state index is 0.0300. The molecule has 5 heteroatoms. The zero-order chi connectivity index (χ0) is 19.2. The Morgan fingerprint density at radius 3 is 2.48 bits per heavy atom. The summed E-state index contributed by atoms with van der Waals surface area (Å²) in [6.07, 6.45) is 4.41. The Bertz CT molecular complexity index is 957. The summed E-state index contributed by atoms with van der Waals surface area (Å²) < 4.78 is 6.26. The first-order valence-corrected chi connectivity index (χ1v) is 9.65. The third-order valence-corrected chi connectivity index (χ3v) is 5.20. The monoisotopic (exact) mass is 364 g/mol. The van der Waals surface area contributed by atoms with Crippen LogP contribution in [0.15, 0.2) is 24.4 Å². The molecule has 4 rings (SSSR count). The zero-order valence-electron chi connectivity index (χ0n) is 16.8. The number of aromatic nitrogens is 4. The molecule has 0 spiro atoms. The third-order valence-electron chi connectivity index (χ3n) is 5.20. The molecular weight excluding hydrogens is 336 g/mol. The second kappa shape index (κ2) is 6.55. The van der Waals surface area contributed by atoms with Gasteiger partial charge in [0.1, 0.15) is 18.1 Å².